The first-order chi connectivity index (χ1) is 7.81. The third-order valence-electron chi connectivity index (χ3n) is 2.25. The van der Waals surface area contributed by atoms with Crippen molar-refractivity contribution >= 4 is 17.2 Å². The van der Waals surface area contributed by atoms with Crippen LogP contribution in [0.3, 0.4) is 0 Å². The molecule has 0 aliphatic heterocycles. The van der Waals surface area contributed by atoms with E-state index in [1.807, 2.05) is 24.6 Å². The lowest BCUT2D eigenvalue weighted by Crippen LogP contribution is -2.02. The average molecular weight is 235 g/mol. The van der Waals surface area contributed by atoms with Crippen LogP contribution < -0.4 is 10.1 Å². The predicted octanol–water partition coefficient (Wildman–Crippen LogP) is 2.47. The second kappa shape index (κ2) is 4.94. The molecule has 0 bridgehead atoms. The van der Waals surface area contributed by atoms with Crippen LogP contribution in [-0.4, -0.2) is 17.1 Å². The molecule has 0 saturated carbocycles. The summed E-state index contributed by atoms with van der Waals surface area (Å²) in [6.07, 6.45) is 1.74. The Kier molecular flexibility index (Phi) is 3.36. The van der Waals surface area contributed by atoms with E-state index < -0.39 is 0 Å². The van der Waals surface area contributed by atoms with E-state index in [9.17, 15) is 0 Å². The van der Waals surface area contributed by atoms with Gasteiger partial charge in [-0.3, -0.25) is 0 Å². The number of hydrogen-bond acceptors (Lipinski definition) is 5. The van der Waals surface area contributed by atoms with Crippen molar-refractivity contribution in [2.45, 2.75) is 13.5 Å². The Balaban J connectivity index is 2.07. The average Bonchev–Trinajstić information content (AvgIpc) is 2.72. The number of rotatable bonds is 4. The number of anilines is 1. The van der Waals surface area contributed by atoms with Gasteiger partial charge in [0.1, 0.15) is 0 Å². The molecule has 2 aromatic rings. The molecular formula is C11H13N3OS. The summed E-state index contributed by atoms with van der Waals surface area (Å²) in [5.41, 5.74) is 2.91. The van der Waals surface area contributed by atoms with Gasteiger partial charge in [-0.25, -0.2) is 9.97 Å². The summed E-state index contributed by atoms with van der Waals surface area (Å²) < 4.78 is 5.21. The zero-order valence-corrected chi connectivity index (χ0v) is 10.0. The molecule has 2 heterocycles. The number of methoxy groups -OCH3 is 1. The van der Waals surface area contributed by atoms with Gasteiger partial charge in [0.05, 0.1) is 24.9 Å². The van der Waals surface area contributed by atoms with Gasteiger partial charge in [-0.2, -0.15) is 0 Å². The maximum atomic E-state index is 5.21. The van der Waals surface area contributed by atoms with E-state index in [-0.39, 0.29) is 0 Å². The third-order valence-corrected chi connectivity index (χ3v) is 3.19. The molecule has 0 unspecified atom stereocenters. The Bertz CT molecular complexity index is 470. The summed E-state index contributed by atoms with van der Waals surface area (Å²) in [5, 5.41) is 3.24. The van der Waals surface area contributed by atoms with Crippen LogP contribution in [-0.2, 0) is 6.54 Å². The van der Waals surface area contributed by atoms with Gasteiger partial charge in [0.2, 0.25) is 0 Å². The SMILES string of the molecule is COc1cccnc1NCc1scnc1C. The Morgan fingerprint density at radius 2 is 2.31 bits per heavy atom. The Morgan fingerprint density at radius 1 is 1.44 bits per heavy atom. The van der Waals surface area contributed by atoms with Crippen molar-refractivity contribution in [1.29, 1.82) is 0 Å². The van der Waals surface area contributed by atoms with Gasteiger partial charge in [0.25, 0.3) is 0 Å². The number of pyridine rings is 1. The highest BCUT2D eigenvalue weighted by Gasteiger charge is 2.05. The molecule has 16 heavy (non-hydrogen) atoms. The van der Waals surface area contributed by atoms with Crippen LogP contribution in [0, 0.1) is 6.92 Å². The number of thiazole rings is 1. The lowest BCUT2D eigenvalue weighted by atomic mass is 10.3. The van der Waals surface area contributed by atoms with Crippen LogP contribution in [0.25, 0.3) is 0 Å². The van der Waals surface area contributed by atoms with Crippen LogP contribution in [0.1, 0.15) is 10.6 Å². The Labute approximate surface area is 98.3 Å². The molecule has 0 spiro atoms. The van der Waals surface area contributed by atoms with Crippen molar-refractivity contribution in [3.8, 4) is 5.75 Å². The molecule has 5 heteroatoms. The third kappa shape index (κ3) is 2.30. The quantitative estimate of drug-likeness (QED) is 0.884. The van der Waals surface area contributed by atoms with E-state index in [1.165, 1.54) is 4.88 Å². The molecule has 0 amide bonds. The number of aromatic nitrogens is 2. The highest BCUT2D eigenvalue weighted by molar-refractivity contribution is 7.09. The number of hydrogen-bond donors (Lipinski definition) is 1. The fraction of sp³-hybridized carbons (Fsp3) is 0.273. The minimum atomic E-state index is 0.726. The van der Waals surface area contributed by atoms with E-state index in [0.29, 0.717) is 0 Å². The Morgan fingerprint density at radius 3 is 3.00 bits per heavy atom. The minimum absolute atomic E-state index is 0.726. The highest BCUT2D eigenvalue weighted by atomic mass is 32.1. The van der Waals surface area contributed by atoms with E-state index in [4.69, 9.17) is 4.74 Å². The number of ether oxygens (including phenoxy) is 1. The fourth-order valence-corrected chi connectivity index (χ4v) is 2.06. The molecule has 84 valence electrons. The molecule has 0 aromatic carbocycles. The molecule has 0 fully saturated rings. The van der Waals surface area contributed by atoms with Crippen molar-refractivity contribution in [1.82, 2.24) is 9.97 Å². The van der Waals surface area contributed by atoms with Crippen LogP contribution in [0.5, 0.6) is 5.75 Å². The van der Waals surface area contributed by atoms with Gasteiger partial charge in [-0.1, -0.05) is 0 Å². The van der Waals surface area contributed by atoms with Gasteiger partial charge < -0.3 is 10.1 Å². The zero-order valence-electron chi connectivity index (χ0n) is 9.23. The largest absolute Gasteiger partial charge is 0.493 e. The molecule has 0 aliphatic carbocycles. The first-order valence-electron chi connectivity index (χ1n) is 4.93. The molecule has 0 aliphatic rings. The van der Waals surface area contributed by atoms with Gasteiger partial charge in [0, 0.05) is 11.1 Å². The van der Waals surface area contributed by atoms with Crippen LogP contribution in [0.15, 0.2) is 23.8 Å². The number of aryl methyl sites for hydroxylation is 1. The fourth-order valence-electron chi connectivity index (χ4n) is 1.35. The van der Waals surface area contributed by atoms with Crippen LogP contribution >= 0.6 is 11.3 Å². The summed E-state index contributed by atoms with van der Waals surface area (Å²) in [7, 11) is 1.64. The smallest absolute Gasteiger partial charge is 0.169 e. The van der Waals surface area contributed by atoms with E-state index in [0.717, 1.165) is 23.8 Å². The van der Waals surface area contributed by atoms with Crippen molar-refractivity contribution in [2.24, 2.45) is 0 Å². The number of nitrogens with one attached hydrogen (secondary N) is 1. The monoisotopic (exact) mass is 235 g/mol. The second-order valence-electron chi connectivity index (χ2n) is 3.27. The normalized spacial score (nSPS) is 10.1. The summed E-state index contributed by atoms with van der Waals surface area (Å²) in [6, 6.07) is 3.73. The molecule has 4 nitrogen and oxygen atoms in total. The maximum Gasteiger partial charge on any atom is 0.169 e. The number of nitrogens with zero attached hydrogens (tertiary/aromatic N) is 2. The minimum Gasteiger partial charge on any atom is -0.493 e. The molecule has 2 rings (SSSR count). The maximum absolute atomic E-state index is 5.21. The summed E-state index contributed by atoms with van der Waals surface area (Å²) in [5.74, 6) is 1.52. The van der Waals surface area contributed by atoms with Crippen LogP contribution in [0.2, 0.25) is 0 Å². The zero-order chi connectivity index (χ0) is 11.4. The molecule has 0 radical (unpaired) electrons. The predicted molar refractivity (Wildman–Crippen MR) is 65.0 cm³/mol. The molecule has 2 aromatic heterocycles. The summed E-state index contributed by atoms with van der Waals surface area (Å²) >= 11 is 1.64. The van der Waals surface area contributed by atoms with Gasteiger partial charge in [-0.05, 0) is 19.1 Å². The standard InChI is InChI=1S/C11H13N3OS/c1-8-10(16-7-14-8)6-13-11-9(15-2)4-3-5-12-11/h3-5,7H,6H2,1-2H3,(H,12,13). The molecule has 1 N–H and O–H groups in total. The topological polar surface area (TPSA) is 47.0 Å². The van der Waals surface area contributed by atoms with E-state index in [1.54, 1.807) is 24.6 Å². The summed E-state index contributed by atoms with van der Waals surface area (Å²) in [6.45, 7) is 2.73. The summed E-state index contributed by atoms with van der Waals surface area (Å²) in [4.78, 5) is 9.64. The Hall–Kier alpha value is -1.62. The van der Waals surface area contributed by atoms with E-state index >= 15 is 0 Å². The van der Waals surface area contributed by atoms with Crippen molar-refractivity contribution in [3.05, 3.63) is 34.4 Å². The van der Waals surface area contributed by atoms with Gasteiger partial charge in [-0.15, -0.1) is 11.3 Å². The first-order valence-corrected chi connectivity index (χ1v) is 5.81. The lowest BCUT2D eigenvalue weighted by molar-refractivity contribution is 0.415. The first kappa shape index (κ1) is 10.9. The second-order valence-corrected chi connectivity index (χ2v) is 4.21. The van der Waals surface area contributed by atoms with Gasteiger partial charge >= 0.3 is 0 Å². The van der Waals surface area contributed by atoms with Crippen molar-refractivity contribution in [3.63, 3.8) is 0 Å². The lowest BCUT2D eigenvalue weighted by Gasteiger charge is -2.08. The van der Waals surface area contributed by atoms with Crippen molar-refractivity contribution < 1.29 is 4.74 Å². The molecule has 0 saturated heterocycles. The van der Waals surface area contributed by atoms with Gasteiger partial charge in [0.15, 0.2) is 11.6 Å². The van der Waals surface area contributed by atoms with Crippen LogP contribution in [0.4, 0.5) is 5.82 Å². The van der Waals surface area contributed by atoms with Crippen molar-refractivity contribution in [2.75, 3.05) is 12.4 Å². The molecular weight excluding hydrogens is 222 g/mol. The molecule has 0 atom stereocenters. The highest BCUT2D eigenvalue weighted by Crippen LogP contribution is 2.21. The van der Waals surface area contributed by atoms with E-state index in [2.05, 4.69) is 15.3 Å².